The highest BCUT2D eigenvalue weighted by Crippen LogP contribution is 2.17. The summed E-state index contributed by atoms with van der Waals surface area (Å²) in [4.78, 5) is 13.7. The van der Waals surface area contributed by atoms with Crippen molar-refractivity contribution in [3.05, 3.63) is 0 Å². The number of likely N-dealkylation sites (tertiary alicyclic amines) is 1. The summed E-state index contributed by atoms with van der Waals surface area (Å²) in [5, 5.41) is 9.58. The van der Waals surface area contributed by atoms with Crippen LogP contribution in [0.4, 0.5) is 0 Å². The van der Waals surface area contributed by atoms with E-state index in [0.29, 0.717) is 25.9 Å². The van der Waals surface area contributed by atoms with Crippen molar-refractivity contribution in [3.8, 4) is 0 Å². The zero-order valence-electron chi connectivity index (χ0n) is 10.4. The molecular weight excluding hydrogens is 204 g/mol. The highest BCUT2D eigenvalue weighted by atomic mass is 16.3. The molecule has 0 aromatic carbocycles. The lowest BCUT2D eigenvalue weighted by atomic mass is 9.96. The van der Waals surface area contributed by atoms with Crippen LogP contribution in [0.3, 0.4) is 0 Å². The molecular formula is C12H24N2O2. The van der Waals surface area contributed by atoms with E-state index in [1.807, 2.05) is 11.8 Å². The van der Waals surface area contributed by atoms with Gasteiger partial charge in [0.05, 0.1) is 6.10 Å². The van der Waals surface area contributed by atoms with E-state index in [2.05, 4.69) is 6.92 Å². The number of nitrogens with zero attached hydrogens (tertiary/aromatic N) is 1. The smallest absolute Gasteiger partial charge is 0.224 e. The first-order valence-electron chi connectivity index (χ1n) is 6.26. The second-order valence-corrected chi connectivity index (χ2v) is 4.93. The van der Waals surface area contributed by atoms with Crippen molar-refractivity contribution in [1.82, 2.24) is 4.90 Å². The third-order valence-electron chi connectivity index (χ3n) is 3.31. The van der Waals surface area contributed by atoms with E-state index in [4.69, 9.17) is 5.73 Å². The Morgan fingerprint density at radius 3 is 2.88 bits per heavy atom. The molecule has 1 rings (SSSR count). The topological polar surface area (TPSA) is 66.6 Å². The molecule has 0 aromatic heterocycles. The van der Waals surface area contributed by atoms with Crippen LogP contribution in [0.2, 0.25) is 0 Å². The highest BCUT2D eigenvalue weighted by Gasteiger charge is 2.27. The molecule has 0 spiro atoms. The summed E-state index contributed by atoms with van der Waals surface area (Å²) < 4.78 is 0. The molecule has 0 radical (unpaired) electrons. The van der Waals surface area contributed by atoms with Crippen LogP contribution in [0, 0.1) is 5.92 Å². The summed E-state index contributed by atoms with van der Waals surface area (Å²) in [5.74, 6) is 0.319. The van der Waals surface area contributed by atoms with Crippen molar-refractivity contribution in [2.75, 3.05) is 13.1 Å². The molecule has 0 aliphatic carbocycles. The van der Waals surface area contributed by atoms with Crippen LogP contribution in [-0.4, -0.2) is 41.1 Å². The lowest BCUT2D eigenvalue weighted by Crippen LogP contribution is -2.46. The van der Waals surface area contributed by atoms with Crippen LogP contribution >= 0.6 is 0 Å². The minimum Gasteiger partial charge on any atom is -0.393 e. The fraction of sp³-hybridized carbons (Fsp3) is 0.917. The van der Waals surface area contributed by atoms with Gasteiger partial charge in [0.25, 0.3) is 0 Å². The summed E-state index contributed by atoms with van der Waals surface area (Å²) in [6.45, 7) is 5.39. The molecule has 1 aliphatic rings. The Hall–Kier alpha value is -0.610. The van der Waals surface area contributed by atoms with Crippen molar-refractivity contribution < 1.29 is 9.90 Å². The maximum Gasteiger partial charge on any atom is 0.224 e. The van der Waals surface area contributed by atoms with Gasteiger partial charge in [0.1, 0.15) is 0 Å². The summed E-state index contributed by atoms with van der Waals surface area (Å²) in [6, 6.07) is -0.0142. The Balaban J connectivity index is 2.37. The number of carbonyl (C=O) groups excluding carboxylic acids is 1. The number of aliphatic hydroxyl groups excluding tert-OH is 1. The zero-order valence-corrected chi connectivity index (χ0v) is 10.4. The summed E-state index contributed by atoms with van der Waals surface area (Å²) in [5.41, 5.74) is 5.86. The van der Waals surface area contributed by atoms with E-state index in [-0.39, 0.29) is 24.0 Å². The Labute approximate surface area is 97.8 Å². The molecule has 1 aliphatic heterocycles. The molecule has 3 atom stereocenters. The van der Waals surface area contributed by atoms with Crippen LogP contribution in [0.1, 0.15) is 39.5 Å². The van der Waals surface area contributed by atoms with Crippen LogP contribution in [0.5, 0.6) is 0 Å². The van der Waals surface area contributed by atoms with Gasteiger partial charge >= 0.3 is 0 Å². The Morgan fingerprint density at radius 2 is 2.31 bits per heavy atom. The van der Waals surface area contributed by atoms with E-state index >= 15 is 0 Å². The third-order valence-corrected chi connectivity index (χ3v) is 3.31. The van der Waals surface area contributed by atoms with Gasteiger partial charge < -0.3 is 15.7 Å². The molecule has 1 heterocycles. The molecule has 0 saturated carbocycles. The number of carbonyl (C=O) groups is 1. The van der Waals surface area contributed by atoms with Crippen LogP contribution in [-0.2, 0) is 4.79 Å². The predicted octanol–water partition coefficient (Wildman–Crippen LogP) is 0.733. The van der Waals surface area contributed by atoms with E-state index in [1.165, 1.54) is 0 Å². The fourth-order valence-corrected chi connectivity index (χ4v) is 2.19. The molecule has 4 heteroatoms. The fourth-order valence-electron chi connectivity index (χ4n) is 2.19. The number of nitrogens with two attached hydrogens (primary N) is 1. The summed E-state index contributed by atoms with van der Waals surface area (Å²) >= 11 is 0. The Kier molecular flexibility index (Phi) is 5.22. The van der Waals surface area contributed by atoms with Crippen LogP contribution in [0.15, 0.2) is 0 Å². The number of hydrogen-bond acceptors (Lipinski definition) is 3. The molecule has 0 bridgehead atoms. The van der Waals surface area contributed by atoms with Crippen LogP contribution in [0.25, 0.3) is 0 Å². The van der Waals surface area contributed by atoms with Gasteiger partial charge in [0.2, 0.25) is 5.91 Å². The van der Waals surface area contributed by atoms with Gasteiger partial charge in [0, 0.05) is 25.6 Å². The molecule has 1 fully saturated rings. The summed E-state index contributed by atoms with van der Waals surface area (Å²) in [6.07, 6.45) is 2.79. The molecule has 0 aromatic rings. The zero-order chi connectivity index (χ0) is 12.1. The van der Waals surface area contributed by atoms with Gasteiger partial charge in [-0.05, 0) is 18.8 Å². The van der Waals surface area contributed by atoms with Gasteiger partial charge in [-0.2, -0.15) is 0 Å². The Bertz CT molecular complexity index is 233. The average molecular weight is 228 g/mol. The van der Waals surface area contributed by atoms with Crippen molar-refractivity contribution in [1.29, 1.82) is 0 Å². The van der Waals surface area contributed by atoms with Gasteiger partial charge in [0.15, 0.2) is 0 Å². The number of rotatable bonds is 4. The number of aliphatic hydroxyl groups is 1. The lowest BCUT2D eigenvalue weighted by Gasteiger charge is -2.34. The minimum absolute atomic E-state index is 0.0142. The monoisotopic (exact) mass is 228 g/mol. The third kappa shape index (κ3) is 3.76. The highest BCUT2D eigenvalue weighted by molar-refractivity contribution is 5.76. The average Bonchev–Trinajstić information content (AvgIpc) is 2.22. The van der Waals surface area contributed by atoms with E-state index in [9.17, 15) is 9.90 Å². The lowest BCUT2D eigenvalue weighted by molar-refractivity contribution is -0.135. The second-order valence-electron chi connectivity index (χ2n) is 4.93. The minimum atomic E-state index is -0.256. The molecule has 3 N–H and O–H groups in total. The molecule has 16 heavy (non-hydrogen) atoms. The van der Waals surface area contributed by atoms with Crippen molar-refractivity contribution in [2.24, 2.45) is 11.7 Å². The van der Waals surface area contributed by atoms with Gasteiger partial charge in [-0.3, -0.25) is 4.79 Å². The number of piperidine rings is 1. The van der Waals surface area contributed by atoms with E-state index in [1.54, 1.807) is 0 Å². The van der Waals surface area contributed by atoms with E-state index in [0.717, 1.165) is 12.8 Å². The number of amides is 1. The van der Waals surface area contributed by atoms with E-state index < -0.39 is 0 Å². The molecule has 3 unspecified atom stereocenters. The Morgan fingerprint density at radius 1 is 1.62 bits per heavy atom. The molecule has 1 amide bonds. The van der Waals surface area contributed by atoms with Crippen molar-refractivity contribution in [3.63, 3.8) is 0 Å². The largest absolute Gasteiger partial charge is 0.393 e. The SMILES string of the molecule is CCCC(N)CC(=O)N1CCC(O)C(C)C1. The second kappa shape index (κ2) is 6.21. The van der Waals surface area contributed by atoms with Crippen LogP contribution < -0.4 is 5.73 Å². The van der Waals surface area contributed by atoms with Crippen molar-refractivity contribution in [2.45, 2.75) is 51.7 Å². The first-order valence-corrected chi connectivity index (χ1v) is 6.26. The summed E-state index contributed by atoms with van der Waals surface area (Å²) in [7, 11) is 0. The predicted molar refractivity (Wildman–Crippen MR) is 63.9 cm³/mol. The van der Waals surface area contributed by atoms with Gasteiger partial charge in [-0.15, -0.1) is 0 Å². The molecule has 1 saturated heterocycles. The maximum absolute atomic E-state index is 11.9. The first-order chi connectivity index (χ1) is 7.54. The quantitative estimate of drug-likeness (QED) is 0.745. The van der Waals surface area contributed by atoms with Gasteiger partial charge in [-0.1, -0.05) is 20.3 Å². The molecule has 94 valence electrons. The van der Waals surface area contributed by atoms with Crippen molar-refractivity contribution >= 4 is 5.91 Å². The first kappa shape index (κ1) is 13.5. The number of hydrogen-bond donors (Lipinski definition) is 2. The standard InChI is InChI=1S/C12H24N2O2/c1-3-4-10(13)7-12(16)14-6-5-11(15)9(2)8-14/h9-11,15H,3-8,13H2,1-2H3. The molecule has 4 nitrogen and oxygen atoms in total. The van der Waals surface area contributed by atoms with Gasteiger partial charge in [-0.25, -0.2) is 0 Å². The normalized spacial score (nSPS) is 27.9. The maximum atomic E-state index is 11.9.